The molecule has 0 spiro atoms. The first-order chi connectivity index (χ1) is 13.0. The summed E-state index contributed by atoms with van der Waals surface area (Å²) in [5.74, 6) is 0.141. The molecule has 1 aliphatic rings. The summed E-state index contributed by atoms with van der Waals surface area (Å²) < 4.78 is 0. The van der Waals surface area contributed by atoms with Crippen LogP contribution < -0.4 is 10.2 Å². The van der Waals surface area contributed by atoms with E-state index in [0.29, 0.717) is 18.5 Å². The van der Waals surface area contributed by atoms with Gasteiger partial charge in [0.1, 0.15) is 12.6 Å². The summed E-state index contributed by atoms with van der Waals surface area (Å²) in [6.45, 7) is 2.26. The molecular weight excluding hydrogens is 338 g/mol. The van der Waals surface area contributed by atoms with Crippen LogP contribution in [0.4, 0.5) is 0 Å². The molecule has 2 aromatic carbocycles. The maximum Gasteiger partial charge on any atom is 0.251 e. The summed E-state index contributed by atoms with van der Waals surface area (Å²) in [5, 5.41) is 3.16. The summed E-state index contributed by atoms with van der Waals surface area (Å²) in [6.07, 6.45) is 1.59. The summed E-state index contributed by atoms with van der Waals surface area (Å²) in [6, 6.07) is 17.6. The Hall–Kier alpha value is -2.66. The largest absolute Gasteiger partial charge is 0.340 e. The number of carbonyl (C=O) groups excluding carboxylic acids is 2. The number of hydrogen-bond donors (Lipinski definition) is 2. The number of nitrogens with zero attached hydrogens (tertiary/aromatic N) is 1. The molecule has 1 aliphatic heterocycles. The lowest BCUT2D eigenvalue weighted by Crippen LogP contribution is -3.06. The van der Waals surface area contributed by atoms with E-state index >= 15 is 0 Å². The number of likely N-dealkylation sites (N-methyl/N-ethyl adjacent to an activating group) is 1. The van der Waals surface area contributed by atoms with Gasteiger partial charge in [-0.2, -0.15) is 0 Å². The Morgan fingerprint density at radius 1 is 1.11 bits per heavy atom. The Morgan fingerprint density at radius 2 is 1.81 bits per heavy atom. The average Bonchev–Trinajstić information content (AvgIpc) is 3.07. The van der Waals surface area contributed by atoms with Gasteiger partial charge >= 0.3 is 0 Å². The lowest BCUT2D eigenvalue weighted by molar-refractivity contribution is -0.860. The Balaban J connectivity index is 1.66. The van der Waals surface area contributed by atoms with Crippen LogP contribution in [0.1, 0.15) is 40.4 Å². The molecule has 142 valence electrons. The molecule has 0 radical (unpaired) electrons. The van der Waals surface area contributed by atoms with Gasteiger partial charge in [0.15, 0.2) is 0 Å². The monoisotopic (exact) mass is 366 g/mol. The highest BCUT2D eigenvalue weighted by molar-refractivity contribution is 5.94. The molecule has 2 aromatic rings. The zero-order chi connectivity index (χ0) is 19.2. The van der Waals surface area contributed by atoms with Crippen molar-refractivity contribution in [1.82, 2.24) is 10.2 Å². The van der Waals surface area contributed by atoms with E-state index in [1.165, 1.54) is 4.90 Å². The van der Waals surface area contributed by atoms with Gasteiger partial charge in [-0.05, 0) is 29.7 Å². The minimum atomic E-state index is -0.0751. The van der Waals surface area contributed by atoms with Crippen LogP contribution >= 0.6 is 0 Å². The van der Waals surface area contributed by atoms with E-state index in [1.807, 2.05) is 59.5 Å². The van der Waals surface area contributed by atoms with Gasteiger partial charge in [-0.1, -0.05) is 42.5 Å². The maximum atomic E-state index is 12.7. The van der Waals surface area contributed by atoms with Gasteiger partial charge in [0.25, 0.3) is 5.91 Å². The molecule has 0 bridgehead atoms. The summed E-state index contributed by atoms with van der Waals surface area (Å²) in [5.41, 5.74) is 2.80. The van der Waals surface area contributed by atoms with Gasteiger partial charge in [-0.15, -0.1) is 0 Å². The fourth-order valence-corrected chi connectivity index (χ4v) is 3.44. The van der Waals surface area contributed by atoms with Gasteiger partial charge in [-0.3, -0.25) is 9.59 Å². The first-order valence-corrected chi connectivity index (χ1v) is 9.54. The molecule has 0 unspecified atom stereocenters. The van der Waals surface area contributed by atoms with Gasteiger partial charge < -0.3 is 15.1 Å². The van der Waals surface area contributed by atoms with E-state index in [4.69, 9.17) is 0 Å². The number of rotatable bonds is 7. The zero-order valence-electron chi connectivity index (χ0n) is 16.1. The number of quaternary nitrogens is 1. The Labute approximate surface area is 161 Å². The standard InChI is InChI=1S/C22H27N3O2/c1-24(2)16-20(18-7-4-3-5-8-18)23-22(27)19-12-10-17(11-13-19)15-25-14-6-9-21(25)26/h3-5,7-8,10-13,20H,6,9,14-16H2,1-2H3,(H,23,27)/p+1/t20-/m0/s1. The smallest absolute Gasteiger partial charge is 0.251 e. The van der Waals surface area contributed by atoms with E-state index in [9.17, 15) is 9.59 Å². The highest BCUT2D eigenvalue weighted by Gasteiger charge is 2.21. The summed E-state index contributed by atoms with van der Waals surface area (Å²) in [4.78, 5) is 27.6. The van der Waals surface area contributed by atoms with E-state index < -0.39 is 0 Å². The van der Waals surface area contributed by atoms with Crippen molar-refractivity contribution in [3.05, 3.63) is 71.3 Å². The molecule has 5 nitrogen and oxygen atoms in total. The zero-order valence-corrected chi connectivity index (χ0v) is 16.1. The van der Waals surface area contributed by atoms with Crippen molar-refractivity contribution in [1.29, 1.82) is 0 Å². The molecule has 0 aromatic heterocycles. The van der Waals surface area contributed by atoms with Crippen LogP contribution in [0.5, 0.6) is 0 Å². The van der Waals surface area contributed by atoms with Crippen LogP contribution in [0, 0.1) is 0 Å². The van der Waals surface area contributed by atoms with Gasteiger partial charge in [0.05, 0.1) is 14.1 Å². The maximum absolute atomic E-state index is 12.7. The normalized spacial score (nSPS) is 15.2. The van der Waals surface area contributed by atoms with Crippen LogP contribution in [-0.4, -0.2) is 43.9 Å². The molecule has 2 amide bonds. The summed E-state index contributed by atoms with van der Waals surface area (Å²) in [7, 11) is 4.16. The Kier molecular flexibility index (Phi) is 6.24. The number of amides is 2. The highest BCUT2D eigenvalue weighted by atomic mass is 16.2. The van der Waals surface area contributed by atoms with Crippen molar-refractivity contribution in [3.63, 3.8) is 0 Å². The minimum Gasteiger partial charge on any atom is -0.340 e. The van der Waals surface area contributed by atoms with Crippen LogP contribution in [0.15, 0.2) is 54.6 Å². The van der Waals surface area contributed by atoms with Crippen molar-refractivity contribution in [2.45, 2.75) is 25.4 Å². The van der Waals surface area contributed by atoms with Gasteiger partial charge in [-0.25, -0.2) is 0 Å². The molecule has 2 N–H and O–H groups in total. The number of carbonyl (C=O) groups is 2. The first-order valence-electron chi connectivity index (χ1n) is 9.54. The van der Waals surface area contributed by atoms with E-state index in [-0.39, 0.29) is 17.9 Å². The van der Waals surface area contributed by atoms with Crippen molar-refractivity contribution in [2.75, 3.05) is 27.2 Å². The van der Waals surface area contributed by atoms with Crippen molar-refractivity contribution in [2.24, 2.45) is 0 Å². The molecular formula is C22H28N3O2+. The molecule has 1 heterocycles. The second kappa shape index (κ2) is 8.82. The minimum absolute atomic E-state index is 0.0365. The third-order valence-corrected chi connectivity index (χ3v) is 4.88. The SMILES string of the molecule is C[NH+](C)C[C@H](NC(=O)c1ccc(CN2CCCC2=O)cc1)c1ccccc1. The Bertz CT molecular complexity index is 772. The molecule has 0 saturated carbocycles. The third-order valence-electron chi connectivity index (χ3n) is 4.88. The molecule has 5 heteroatoms. The number of nitrogens with one attached hydrogen (secondary N) is 2. The topological polar surface area (TPSA) is 53.9 Å². The van der Waals surface area contributed by atoms with Gasteiger partial charge in [0, 0.05) is 25.1 Å². The summed E-state index contributed by atoms with van der Waals surface area (Å²) >= 11 is 0. The molecule has 1 fully saturated rings. The predicted molar refractivity (Wildman–Crippen MR) is 105 cm³/mol. The fourth-order valence-electron chi connectivity index (χ4n) is 3.44. The Morgan fingerprint density at radius 3 is 2.41 bits per heavy atom. The molecule has 27 heavy (non-hydrogen) atoms. The van der Waals surface area contributed by atoms with Crippen LogP contribution in [-0.2, 0) is 11.3 Å². The number of hydrogen-bond acceptors (Lipinski definition) is 2. The van der Waals surface area contributed by atoms with Crippen molar-refractivity contribution in [3.8, 4) is 0 Å². The fraction of sp³-hybridized carbons (Fsp3) is 0.364. The third kappa shape index (κ3) is 5.17. The first kappa shape index (κ1) is 19.1. The van der Waals surface area contributed by atoms with Crippen LogP contribution in [0.25, 0.3) is 0 Å². The highest BCUT2D eigenvalue weighted by Crippen LogP contribution is 2.16. The molecule has 3 rings (SSSR count). The van der Waals surface area contributed by atoms with Crippen molar-refractivity contribution >= 4 is 11.8 Å². The molecule has 0 aliphatic carbocycles. The van der Waals surface area contributed by atoms with Crippen LogP contribution in [0.3, 0.4) is 0 Å². The average molecular weight is 366 g/mol. The second-order valence-electron chi connectivity index (χ2n) is 7.46. The van der Waals surface area contributed by atoms with E-state index in [1.54, 1.807) is 0 Å². The lowest BCUT2D eigenvalue weighted by Gasteiger charge is -2.21. The van der Waals surface area contributed by atoms with Crippen molar-refractivity contribution < 1.29 is 14.5 Å². The quantitative estimate of drug-likeness (QED) is 0.779. The van der Waals surface area contributed by atoms with Gasteiger partial charge in [0.2, 0.25) is 5.91 Å². The predicted octanol–water partition coefficient (Wildman–Crippen LogP) is 1.42. The van der Waals surface area contributed by atoms with E-state index in [2.05, 4.69) is 19.4 Å². The van der Waals surface area contributed by atoms with Crippen LogP contribution in [0.2, 0.25) is 0 Å². The lowest BCUT2D eigenvalue weighted by atomic mass is 10.1. The second-order valence-corrected chi connectivity index (χ2v) is 7.46. The molecule has 1 saturated heterocycles. The number of benzene rings is 2. The molecule has 1 atom stereocenters. The van der Waals surface area contributed by atoms with E-state index in [0.717, 1.165) is 30.6 Å². The number of likely N-dealkylation sites (tertiary alicyclic amines) is 1.